The maximum Gasteiger partial charge on any atom is 0.317 e. The molecule has 2 rings (SSSR count). The van der Waals surface area contributed by atoms with Crippen molar-refractivity contribution < 1.29 is 18.3 Å². The Morgan fingerprint density at radius 3 is 2.69 bits per heavy atom. The largest absolute Gasteiger partial charge is 0.388 e. The summed E-state index contributed by atoms with van der Waals surface area (Å²) in [5.41, 5.74) is -0.613. The van der Waals surface area contributed by atoms with Gasteiger partial charge in [-0.2, -0.15) is 5.10 Å². The third kappa shape index (κ3) is 4.74. The van der Waals surface area contributed by atoms with Crippen LogP contribution in [0, 0.1) is 6.92 Å². The first-order chi connectivity index (χ1) is 12.2. The lowest BCUT2D eigenvalue weighted by molar-refractivity contribution is 0.0316. The first kappa shape index (κ1) is 20.7. The Morgan fingerprint density at radius 2 is 2.08 bits per heavy atom. The number of urea groups is 1. The zero-order chi connectivity index (χ0) is 19.4. The molecule has 9 nitrogen and oxygen atoms in total. The Labute approximate surface area is 154 Å². The van der Waals surface area contributed by atoms with Gasteiger partial charge in [-0.3, -0.25) is 4.68 Å². The van der Waals surface area contributed by atoms with E-state index in [0.29, 0.717) is 51.1 Å². The maximum atomic E-state index is 12.6. The average molecular weight is 388 g/mol. The standard InChI is InChI=1S/C16H29N5O4S/c1-4-17-15(22)20-9-6-7-16(23,8-10-20)12-19-26(24,25)14-11-18-21(5-2)13(14)3/h11,19,23H,4-10,12H2,1-3H3,(H,17,22)/t16-/m1/s1. The number of carbonyl (C=O) groups is 1. The number of aryl methyl sites for hydroxylation is 1. The van der Waals surface area contributed by atoms with Crippen LogP contribution in [0.3, 0.4) is 0 Å². The molecule has 2 heterocycles. The summed E-state index contributed by atoms with van der Waals surface area (Å²) in [7, 11) is -3.75. The van der Waals surface area contributed by atoms with E-state index >= 15 is 0 Å². The van der Waals surface area contributed by atoms with Crippen molar-refractivity contribution in [3.63, 3.8) is 0 Å². The first-order valence-electron chi connectivity index (χ1n) is 8.99. The molecule has 0 saturated carbocycles. The van der Waals surface area contributed by atoms with Gasteiger partial charge in [-0.25, -0.2) is 17.9 Å². The number of amides is 2. The third-order valence-corrected chi connectivity index (χ3v) is 6.28. The SMILES string of the molecule is CCNC(=O)N1CCC[C@](O)(CNS(=O)(=O)c2cnn(CC)c2C)CC1. The number of hydrogen-bond donors (Lipinski definition) is 3. The van der Waals surface area contributed by atoms with Crippen molar-refractivity contribution >= 4 is 16.1 Å². The van der Waals surface area contributed by atoms with Crippen LogP contribution in [-0.4, -0.2) is 66.0 Å². The van der Waals surface area contributed by atoms with E-state index in [0.717, 1.165) is 0 Å². The van der Waals surface area contributed by atoms with Crippen molar-refractivity contribution in [2.45, 2.75) is 57.1 Å². The lowest BCUT2D eigenvalue weighted by Gasteiger charge is -2.27. The van der Waals surface area contributed by atoms with Gasteiger partial charge in [0.25, 0.3) is 0 Å². The number of aromatic nitrogens is 2. The molecule has 0 unspecified atom stereocenters. The van der Waals surface area contributed by atoms with Crippen LogP contribution in [0.15, 0.2) is 11.1 Å². The number of nitrogens with zero attached hydrogens (tertiary/aromatic N) is 3. The number of sulfonamides is 1. The van der Waals surface area contributed by atoms with Gasteiger partial charge in [0.05, 0.1) is 17.5 Å². The van der Waals surface area contributed by atoms with Gasteiger partial charge in [0.15, 0.2) is 0 Å². The van der Waals surface area contributed by atoms with Gasteiger partial charge in [-0.1, -0.05) is 0 Å². The zero-order valence-corrected chi connectivity index (χ0v) is 16.5. The second kappa shape index (κ2) is 8.36. The van der Waals surface area contributed by atoms with E-state index in [1.54, 1.807) is 16.5 Å². The molecule has 1 aromatic heterocycles. The molecule has 0 spiro atoms. The van der Waals surface area contributed by atoms with Crippen LogP contribution >= 0.6 is 0 Å². The van der Waals surface area contributed by atoms with Crippen LogP contribution in [0.5, 0.6) is 0 Å². The minimum Gasteiger partial charge on any atom is -0.388 e. The number of aliphatic hydroxyl groups is 1. The van der Waals surface area contributed by atoms with Crippen molar-refractivity contribution in [2.75, 3.05) is 26.2 Å². The fourth-order valence-electron chi connectivity index (χ4n) is 3.14. The van der Waals surface area contributed by atoms with Gasteiger partial charge in [0, 0.05) is 32.7 Å². The van der Waals surface area contributed by atoms with Crippen molar-refractivity contribution in [2.24, 2.45) is 0 Å². The summed E-state index contributed by atoms with van der Waals surface area (Å²) in [6.07, 6.45) is 2.69. The molecule has 1 fully saturated rings. The van der Waals surface area contributed by atoms with Crippen LogP contribution in [0.25, 0.3) is 0 Å². The van der Waals surface area contributed by atoms with Crippen LogP contribution in [0.2, 0.25) is 0 Å². The van der Waals surface area contributed by atoms with Crippen LogP contribution in [0.1, 0.15) is 38.8 Å². The first-order valence-corrected chi connectivity index (χ1v) is 10.5. The van der Waals surface area contributed by atoms with Crippen molar-refractivity contribution in [3.8, 4) is 0 Å². The maximum absolute atomic E-state index is 12.6. The number of hydrogen-bond acceptors (Lipinski definition) is 5. The molecule has 0 bridgehead atoms. The normalized spacial score (nSPS) is 21.5. The quantitative estimate of drug-likeness (QED) is 0.655. The molecule has 148 valence electrons. The van der Waals surface area contributed by atoms with Crippen molar-refractivity contribution in [1.82, 2.24) is 24.7 Å². The van der Waals surface area contributed by atoms with Crippen LogP contribution in [0.4, 0.5) is 4.79 Å². The van der Waals surface area contributed by atoms with Gasteiger partial charge in [0.1, 0.15) is 4.90 Å². The predicted molar refractivity (Wildman–Crippen MR) is 97.3 cm³/mol. The molecule has 0 aliphatic carbocycles. The third-order valence-electron chi connectivity index (χ3n) is 4.77. The molecule has 0 radical (unpaired) electrons. The summed E-state index contributed by atoms with van der Waals surface area (Å²) in [5, 5.41) is 17.6. The molecule has 1 aliphatic rings. The fraction of sp³-hybridized carbons (Fsp3) is 0.750. The van der Waals surface area contributed by atoms with Crippen molar-refractivity contribution in [1.29, 1.82) is 0 Å². The monoisotopic (exact) mass is 387 g/mol. The molecule has 1 atom stereocenters. The molecule has 10 heteroatoms. The van der Waals surface area contributed by atoms with E-state index in [2.05, 4.69) is 15.1 Å². The minimum absolute atomic E-state index is 0.0880. The Balaban J connectivity index is 2.01. The Hall–Kier alpha value is -1.65. The highest BCUT2D eigenvalue weighted by Gasteiger charge is 2.33. The molecule has 26 heavy (non-hydrogen) atoms. The predicted octanol–water partition coefficient (Wildman–Crippen LogP) is 0.436. The highest BCUT2D eigenvalue weighted by atomic mass is 32.2. The van der Waals surface area contributed by atoms with Crippen LogP contribution in [-0.2, 0) is 16.6 Å². The summed E-state index contributed by atoms with van der Waals surface area (Å²) in [6, 6.07) is -0.153. The second-order valence-corrected chi connectivity index (χ2v) is 8.37. The number of carbonyl (C=O) groups excluding carboxylic acids is 1. The number of rotatable bonds is 6. The highest BCUT2D eigenvalue weighted by Crippen LogP contribution is 2.23. The average Bonchev–Trinajstić information content (AvgIpc) is 2.86. The lowest BCUT2D eigenvalue weighted by Crippen LogP contribution is -2.45. The van der Waals surface area contributed by atoms with E-state index in [9.17, 15) is 18.3 Å². The summed E-state index contributed by atoms with van der Waals surface area (Å²) in [5.74, 6) is 0. The lowest BCUT2D eigenvalue weighted by atomic mass is 9.95. The zero-order valence-electron chi connectivity index (χ0n) is 15.7. The highest BCUT2D eigenvalue weighted by molar-refractivity contribution is 7.89. The second-order valence-electron chi connectivity index (χ2n) is 6.63. The molecule has 0 aromatic carbocycles. The van der Waals surface area contributed by atoms with E-state index in [4.69, 9.17) is 0 Å². The summed E-state index contributed by atoms with van der Waals surface area (Å²) < 4.78 is 29.2. The number of likely N-dealkylation sites (tertiary alicyclic amines) is 1. The molecule has 1 aromatic rings. The topological polar surface area (TPSA) is 117 Å². The Kier molecular flexibility index (Phi) is 6.64. The molecule has 1 saturated heterocycles. The van der Waals surface area contributed by atoms with Gasteiger partial charge in [-0.15, -0.1) is 0 Å². The number of nitrogens with one attached hydrogen (secondary N) is 2. The van der Waals surface area contributed by atoms with Crippen LogP contribution < -0.4 is 10.0 Å². The minimum atomic E-state index is -3.75. The molecular formula is C16H29N5O4S. The van der Waals surface area contributed by atoms with Gasteiger partial charge < -0.3 is 15.3 Å². The van der Waals surface area contributed by atoms with Crippen molar-refractivity contribution in [3.05, 3.63) is 11.9 Å². The Morgan fingerprint density at radius 1 is 1.35 bits per heavy atom. The summed E-state index contributed by atoms with van der Waals surface area (Å²) in [6.45, 7) is 7.41. The summed E-state index contributed by atoms with van der Waals surface area (Å²) in [4.78, 5) is 13.7. The fourth-order valence-corrected chi connectivity index (χ4v) is 4.44. The molecule has 3 N–H and O–H groups in total. The van der Waals surface area contributed by atoms with E-state index in [1.807, 2.05) is 13.8 Å². The summed E-state index contributed by atoms with van der Waals surface area (Å²) >= 11 is 0. The van der Waals surface area contributed by atoms with Gasteiger partial charge in [0.2, 0.25) is 10.0 Å². The molecular weight excluding hydrogens is 358 g/mol. The molecule has 1 aliphatic heterocycles. The van der Waals surface area contributed by atoms with Gasteiger partial charge >= 0.3 is 6.03 Å². The Bertz CT molecular complexity index is 733. The van der Waals surface area contributed by atoms with E-state index < -0.39 is 15.6 Å². The smallest absolute Gasteiger partial charge is 0.317 e. The van der Waals surface area contributed by atoms with E-state index in [-0.39, 0.29) is 17.5 Å². The molecule has 2 amide bonds. The van der Waals surface area contributed by atoms with E-state index in [1.165, 1.54) is 6.20 Å². The van der Waals surface area contributed by atoms with Gasteiger partial charge in [-0.05, 0) is 40.0 Å².